The number of rotatable bonds is 7. The van der Waals surface area contributed by atoms with Gasteiger partial charge in [0.15, 0.2) is 0 Å². The summed E-state index contributed by atoms with van der Waals surface area (Å²) in [6, 6.07) is 0.915. The highest BCUT2D eigenvalue weighted by Crippen LogP contribution is 2.17. The molecule has 0 saturated heterocycles. The molecule has 1 rings (SSSR count). The Kier molecular flexibility index (Phi) is 5.33. The third-order valence-electron chi connectivity index (χ3n) is 2.29. The molecule has 4 heteroatoms. The van der Waals surface area contributed by atoms with Crippen molar-refractivity contribution in [2.24, 2.45) is 0 Å². The van der Waals surface area contributed by atoms with Crippen LogP contribution in [0.2, 0.25) is 0 Å². The van der Waals surface area contributed by atoms with Crippen molar-refractivity contribution in [3.8, 4) is 0 Å². The second-order valence-corrected chi connectivity index (χ2v) is 4.89. The molecule has 0 aromatic heterocycles. The van der Waals surface area contributed by atoms with Crippen molar-refractivity contribution in [3.05, 3.63) is 0 Å². The van der Waals surface area contributed by atoms with Crippen LogP contribution in [0.4, 0.5) is 0 Å². The standard InChI is InChI=1S/C10H20N2OS/c1-8(5-6-14-2)12-10(13)7-11-9-3-4-9/h8-9,11H,3-7H2,1-2H3,(H,12,13). The molecular weight excluding hydrogens is 196 g/mol. The first-order chi connectivity index (χ1) is 6.72. The van der Waals surface area contributed by atoms with Crippen LogP contribution in [0.3, 0.4) is 0 Å². The Morgan fingerprint density at radius 3 is 2.86 bits per heavy atom. The fourth-order valence-electron chi connectivity index (χ4n) is 1.22. The molecule has 1 saturated carbocycles. The van der Waals surface area contributed by atoms with Crippen LogP contribution in [0.15, 0.2) is 0 Å². The highest BCUT2D eigenvalue weighted by atomic mass is 32.2. The topological polar surface area (TPSA) is 41.1 Å². The molecule has 0 aromatic rings. The van der Waals surface area contributed by atoms with E-state index in [1.807, 2.05) is 11.8 Å². The van der Waals surface area contributed by atoms with Gasteiger partial charge in [-0.15, -0.1) is 0 Å². The minimum absolute atomic E-state index is 0.130. The van der Waals surface area contributed by atoms with E-state index in [4.69, 9.17) is 0 Å². The summed E-state index contributed by atoms with van der Waals surface area (Å²) in [4.78, 5) is 11.4. The van der Waals surface area contributed by atoms with Crippen molar-refractivity contribution in [3.63, 3.8) is 0 Å². The normalized spacial score (nSPS) is 17.9. The molecular formula is C10H20N2OS. The molecule has 1 aliphatic rings. The van der Waals surface area contributed by atoms with Gasteiger partial charge in [0.25, 0.3) is 0 Å². The Hall–Kier alpha value is -0.220. The van der Waals surface area contributed by atoms with Gasteiger partial charge in [-0.1, -0.05) is 0 Å². The molecule has 14 heavy (non-hydrogen) atoms. The Bertz CT molecular complexity index is 183. The predicted octanol–water partition coefficient (Wildman–Crippen LogP) is 0.996. The van der Waals surface area contributed by atoms with Gasteiger partial charge >= 0.3 is 0 Å². The van der Waals surface area contributed by atoms with Crippen LogP contribution < -0.4 is 10.6 Å². The zero-order valence-corrected chi connectivity index (χ0v) is 9.82. The number of amides is 1. The van der Waals surface area contributed by atoms with Gasteiger partial charge in [0, 0.05) is 12.1 Å². The van der Waals surface area contributed by atoms with Gasteiger partial charge in [-0.25, -0.2) is 0 Å². The lowest BCUT2D eigenvalue weighted by Crippen LogP contribution is -2.39. The molecule has 0 bridgehead atoms. The van der Waals surface area contributed by atoms with Gasteiger partial charge in [0.05, 0.1) is 6.54 Å². The zero-order chi connectivity index (χ0) is 10.4. The van der Waals surface area contributed by atoms with Crippen LogP contribution in [0.5, 0.6) is 0 Å². The number of nitrogens with one attached hydrogen (secondary N) is 2. The van der Waals surface area contributed by atoms with E-state index >= 15 is 0 Å². The van der Waals surface area contributed by atoms with Crippen molar-refractivity contribution in [2.75, 3.05) is 18.6 Å². The summed E-state index contributed by atoms with van der Waals surface area (Å²) >= 11 is 1.82. The monoisotopic (exact) mass is 216 g/mol. The molecule has 0 spiro atoms. The molecule has 0 heterocycles. The van der Waals surface area contributed by atoms with E-state index in [1.165, 1.54) is 12.8 Å². The van der Waals surface area contributed by atoms with Gasteiger partial charge in [0.1, 0.15) is 0 Å². The van der Waals surface area contributed by atoms with Gasteiger partial charge in [0.2, 0.25) is 5.91 Å². The molecule has 82 valence electrons. The van der Waals surface area contributed by atoms with Gasteiger partial charge in [-0.3, -0.25) is 4.79 Å². The Morgan fingerprint density at radius 2 is 2.29 bits per heavy atom. The molecule has 1 atom stereocenters. The minimum atomic E-state index is 0.130. The number of thioether (sulfide) groups is 1. The van der Waals surface area contributed by atoms with Gasteiger partial charge in [-0.05, 0) is 38.2 Å². The SMILES string of the molecule is CSCCC(C)NC(=O)CNC1CC1. The first kappa shape index (κ1) is 11.9. The second-order valence-electron chi connectivity index (χ2n) is 3.91. The summed E-state index contributed by atoms with van der Waals surface area (Å²) in [5.74, 6) is 1.24. The number of hydrogen-bond donors (Lipinski definition) is 2. The molecule has 2 N–H and O–H groups in total. The lowest BCUT2D eigenvalue weighted by atomic mass is 10.2. The van der Waals surface area contributed by atoms with E-state index in [-0.39, 0.29) is 5.91 Å². The average Bonchev–Trinajstić information content (AvgIpc) is 2.95. The third kappa shape index (κ3) is 5.50. The van der Waals surface area contributed by atoms with E-state index in [9.17, 15) is 4.79 Å². The van der Waals surface area contributed by atoms with Crippen molar-refractivity contribution in [1.82, 2.24) is 10.6 Å². The fraction of sp³-hybridized carbons (Fsp3) is 0.900. The summed E-state index contributed by atoms with van der Waals surface area (Å²) in [5.41, 5.74) is 0. The quantitative estimate of drug-likeness (QED) is 0.667. The fourth-order valence-corrected chi connectivity index (χ4v) is 1.81. The predicted molar refractivity (Wildman–Crippen MR) is 61.6 cm³/mol. The van der Waals surface area contributed by atoms with E-state index in [2.05, 4.69) is 23.8 Å². The minimum Gasteiger partial charge on any atom is -0.353 e. The maximum atomic E-state index is 11.4. The maximum absolute atomic E-state index is 11.4. The number of carbonyl (C=O) groups excluding carboxylic acids is 1. The summed E-state index contributed by atoms with van der Waals surface area (Å²) in [7, 11) is 0. The van der Waals surface area contributed by atoms with E-state index in [1.54, 1.807) is 0 Å². The number of hydrogen-bond acceptors (Lipinski definition) is 3. The lowest BCUT2D eigenvalue weighted by molar-refractivity contribution is -0.120. The molecule has 1 unspecified atom stereocenters. The molecule has 1 amide bonds. The highest BCUT2D eigenvalue weighted by Gasteiger charge is 2.21. The van der Waals surface area contributed by atoms with E-state index < -0.39 is 0 Å². The van der Waals surface area contributed by atoms with E-state index in [0.717, 1.165) is 12.2 Å². The van der Waals surface area contributed by atoms with Crippen molar-refractivity contribution < 1.29 is 4.79 Å². The zero-order valence-electron chi connectivity index (χ0n) is 9.01. The van der Waals surface area contributed by atoms with Crippen LogP contribution in [-0.4, -0.2) is 36.5 Å². The summed E-state index contributed by atoms with van der Waals surface area (Å²) in [6.45, 7) is 2.54. The van der Waals surface area contributed by atoms with Crippen molar-refractivity contribution in [2.45, 2.75) is 38.3 Å². The molecule has 3 nitrogen and oxygen atoms in total. The Labute approximate surface area is 90.4 Å². The van der Waals surface area contributed by atoms with Crippen LogP contribution >= 0.6 is 11.8 Å². The van der Waals surface area contributed by atoms with Gasteiger partial charge in [-0.2, -0.15) is 11.8 Å². The summed E-state index contributed by atoms with van der Waals surface area (Å²) in [5, 5.41) is 6.18. The van der Waals surface area contributed by atoms with Crippen molar-refractivity contribution in [1.29, 1.82) is 0 Å². The van der Waals surface area contributed by atoms with Crippen molar-refractivity contribution >= 4 is 17.7 Å². The maximum Gasteiger partial charge on any atom is 0.234 e. The highest BCUT2D eigenvalue weighted by molar-refractivity contribution is 7.98. The molecule has 0 radical (unpaired) electrons. The smallest absolute Gasteiger partial charge is 0.234 e. The average molecular weight is 216 g/mol. The first-order valence-corrected chi connectivity index (χ1v) is 6.63. The van der Waals surface area contributed by atoms with Crippen LogP contribution in [-0.2, 0) is 4.79 Å². The molecule has 0 aromatic carbocycles. The Balaban J connectivity index is 1.99. The van der Waals surface area contributed by atoms with Crippen LogP contribution in [0.25, 0.3) is 0 Å². The van der Waals surface area contributed by atoms with Crippen LogP contribution in [0.1, 0.15) is 26.2 Å². The summed E-state index contributed by atoms with van der Waals surface area (Å²) < 4.78 is 0. The summed E-state index contributed by atoms with van der Waals surface area (Å²) in [6.07, 6.45) is 5.60. The Morgan fingerprint density at radius 1 is 1.57 bits per heavy atom. The molecule has 1 fully saturated rings. The van der Waals surface area contributed by atoms with Gasteiger partial charge < -0.3 is 10.6 Å². The molecule has 1 aliphatic carbocycles. The molecule has 0 aliphatic heterocycles. The third-order valence-corrected chi connectivity index (χ3v) is 2.93. The lowest BCUT2D eigenvalue weighted by Gasteiger charge is -2.13. The second kappa shape index (κ2) is 6.30. The van der Waals surface area contributed by atoms with E-state index in [0.29, 0.717) is 18.6 Å². The van der Waals surface area contributed by atoms with Crippen LogP contribution in [0, 0.1) is 0 Å². The number of carbonyl (C=O) groups is 1. The first-order valence-electron chi connectivity index (χ1n) is 5.24. The largest absolute Gasteiger partial charge is 0.353 e.